The number of unbranched alkanes of at least 4 members (excludes halogenated alkanes) is 1. The van der Waals surface area contributed by atoms with Crippen LogP contribution in [0.5, 0.6) is 0 Å². The molecule has 0 saturated carbocycles. The molecule has 2 rings (SSSR count). The molecule has 1 N–H and O–H groups in total. The molecule has 21 heavy (non-hydrogen) atoms. The molecular weight excluding hydrogens is 276 g/mol. The maximum Gasteiger partial charge on any atom is 0.0965 e. The summed E-state index contributed by atoms with van der Waals surface area (Å²) in [7, 11) is 0. The molecule has 0 aliphatic carbocycles. The molecule has 0 bridgehead atoms. The number of nitrogens with one attached hydrogen (secondary N) is 1. The summed E-state index contributed by atoms with van der Waals surface area (Å²) in [4.78, 5) is 4.39. The molecule has 0 amide bonds. The van der Waals surface area contributed by atoms with Gasteiger partial charge >= 0.3 is 0 Å². The predicted octanol–water partition coefficient (Wildman–Crippen LogP) is 4.94. The molecule has 0 spiro atoms. The van der Waals surface area contributed by atoms with Crippen molar-refractivity contribution in [2.24, 2.45) is 0 Å². The second-order valence-corrected chi connectivity index (χ2v) is 6.67. The predicted molar refractivity (Wildman–Crippen MR) is 92.0 cm³/mol. The van der Waals surface area contributed by atoms with Crippen molar-refractivity contribution in [2.75, 3.05) is 6.54 Å². The van der Waals surface area contributed by atoms with Crippen LogP contribution < -0.4 is 5.32 Å². The molecule has 0 aliphatic rings. The fourth-order valence-electron chi connectivity index (χ4n) is 2.39. The van der Waals surface area contributed by atoms with Crippen LogP contribution in [0.25, 0.3) is 0 Å². The van der Waals surface area contributed by atoms with Crippen LogP contribution in [0, 0.1) is 0 Å². The van der Waals surface area contributed by atoms with Gasteiger partial charge in [0.1, 0.15) is 0 Å². The molecular formula is C18H26N2S. The quantitative estimate of drug-likeness (QED) is 0.747. The highest BCUT2D eigenvalue weighted by Crippen LogP contribution is 2.19. The van der Waals surface area contributed by atoms with Crippen LogP contribution in [0.2, 0.25) is 0 Å². The summed E-state index contributed by atoms with van der Waals surface area (Å²) in [5.74, 6) is 0.469. The van der Waals surface area contributed by atoms with Crippen molar-refractivity contribution in [3.8, 4) is 0 Å². The van der Waals surface area contributed by atoms with Gasteiger partial charge in [0, 0.05) is 30.1 Å². The van der Waals surface area contributed by atoms with Gasteiger partial charge in [-0.05, 0) is 30.9 Å². The van der Waals surface area contributed by atoms with Gasteiger partial charge in [0.2, 0.25) is 0 Å². The first-order valence-electron chi connectivity index (χ1n) is 7.92. The summed E-state index contributed by atoms with van der Waals surface area (Å²) in [5, 5.41) is 6.87. The second kappa shape index (κ2) is 8.30. The first-order chi connectivity index (χ1) is 10.2. The highest BCUT2D eigenvalue weighted by Gasteiger charge is 2.11. The van der Waals surface area contributed by atoms with Gasteiger partial charge in [-0.25, -0.2) is 4.98 Å². The summed E-state index contributed by atoms with van der Waals surface area (Å²) < 4.78 is 0. The fraction of sp³-hybridized carbons (Fsp3) is 0.500. The lowest BCUT2D eigenvalue weighted by atomic mass is 10.0. The number of hydrogen-bond donors (Lipinski definition) is 1. The van der Waals surface area contributed by atoms with E-state index in [4.69, 9.17) is 0 Å². The molecule has 1 aromatic carbocycles. The Hall–Kier alpha value is -1.19. The van der Waals surface area contributed by atoms with Crippen LogP contribution in [0.1, 0.15) is 61.7 Å². The van der Waals surface area contributed by atoms with E-state index in [0.717, 1.165) is 6.54 Å². The maximum atomic E-state index is 4.39. The van der Waals surface area contributed by atoms with Crippen molar-refractivity contribution in [3.05, 3.63) is 52.0 Å². The highest BCUT2D eigenvalue weighted by molar-refractivity contribution is 7.09. The van der Waals surface area contributed by atoms with Crippen LogP contribution in [0.4, 0.5) is 0 Å². The van der Waals surface area contributed by atoms with Crippen LogP contribution in [-0.2, 0) is 6.42 Å². The minimum atomic E-state index is 0.382. The van der Waals surface area contributed by atoms with Gasteiger partial charge in [-0.15, -0.1) is 11.3 Å². The molecule has 3 heteroatoms. The van der Waals surface area contributed by atoms with E-state index in [2.05, 4.69) is 55.3 Å². The fourth-order valence-corrected chi connectivity index (χ4v) is 3.09. The van der Waals surface area contributed by atoms with Crippen molar-refractivity contribution in [1.29, 1.82) is 0 Å². The average molecular weight is 302 g/mol. The monoisotopic (exact) mass is 302 g/mol. The largest absolute Gasteiger partial charge is 0.310 e. The van der Waals surface area contributed by atoms with E-state index in [-0.39, 0.29) is 0 Å². The smallest absolute Gasteiger partial charge is 0.0965 e. The molecule has 1 aromatic heterocycles. The summed E-state index contributed by atoms with van der Waals surface area (Å²) in [6, 6.07) is 9.45. The van der Waals surface area contributed by atoms with Gasteiger partial charge in [-0.3, -0.25) is 0 Å². The molecule has 0 aliphatic heterocycles. The van der Waals surface area contributed by atoms with E-state index in [1.165, 1.54) is 35.4 Å². The molecule has 2 aromatic rings. The molecule has 0 radical (unpaired) electrons. The lowest BCUT2D eigenvalue weighted by Gasteiger charge is -2.17. The van der Waals surface area contributed by atoms with E-state index < -0.39 is 0 Å². The van der Waals surface area contributed by atoms with Gasteiger partial charge < -0.3 is 5.32 Å². The summed E-state index contributed by atoms with van der Waals surface area (Å²) in [6.07, 6.45) is 5.61. The number of aromatic nitrogens is 1. The van der Waals surface area contributed by atoms with Gasteiger partial charge in [0.05, 0.1) is 5.01 Å². The maximum absolute atomic E-state index is 4.39. The third kappa shape index (κ3) is 4.94. The Morgan fingerprint density at radius 3 is 2.57 bits per heavy atom. The van der Waals surface area contributed by atoms with Crippen molar-refractivity contribution >= 4 is 11.3 Å². The normalized spacial score (nSPS) is 14.0. The Morgan fingerprint density at radius 1 is 1.19 bits per heavy atom. The number of hydrogen-bond acceptors (Lipinski definition) is 3. The van der Waals surface area contributed by atoms with Crippen LogP contribution in [-0.4, -0.2) is 11.5 Å². The van der Waals surface area contributed by atoms with E-state index in [0.29, 0.717) is 12.0 Å². The van der Waals surface area contributed by atoms with Gasteiger partial charge in [0.25, 0.3) is 0 Å². The minimum Gasteiger partial charge on any atom is -0.310 e. The van der Waals surface area contributed by atoms with Crippen molar-refractivity contribution in [2.45, 2.75) is 52.0 Å². The molecule has 2 unspecified atom stereocenters. The zero-order valence-corrected chi connectivity index (χ0v) is 14.1. The minimum absolute atomic E-state index is 0.382. The Kier molecular flexibility index (Phi) is 6.40. The van der Waals surface area contributed by atoms with Crippen LogP contribution >= 0.6 is 11.3 Å². The van der Waals surface area contributed by atoms with E-state index in [1.54, 1.807) is 11.3 Å². The average Bonchev–Trinajstić information content (AvgIpc) is 3.05. The molecule has 2 nitrogen and oxygen atoms in total. The lowest BCUT2D eigenvalue weighted by Crippen LogP contribution is -2.23. The van der Waals surface area contributed by atoms with E-state index >= 15 is 0 Å². The Balaban J connectivity index is 1.83. The number of nitrogens with zero attached hydrogens (tertiary/aromatic N) is 1. The third-order valence-electron chi connectivity index (χ3n) is 3.90. The first-order valence-corrected chi connectivity index (χ1v) is 8.80. The summed E-state index contributed by atoms with van der Waals surface area (Å²) in [6.45, 7) is 7.66. The first kappa shape index (κ1) is 16.2. The Labute approximate surface area is 132 Å². The standard InChI is InChI=1S/C18H26N2S/c1-4-5-6-16-7-9-17(10-8-16)15(3)20-13-14(2)18-19-11-12-21-18/h7-12,14-15,20H,4-6,13H2,1-3H3. The second-order valence-electron chi connectivity index (χ2n) is 5.75. The number of benzene rings is 1. The Morgan fingerprint density at radius 2 is 1.95 bits per heavy atom. The summed E-state index contributed by atoms with van der Waals surface area (Å²) >= 11 is 1.74. The van der Waals surface area contributed by atoms with Crippen molar-refractivity contribution in [3.63, 3.8) is 0 Å². The van der Waals surface area contributed by atoms with Crippen LogP contribution in [0.3, 0.4) is 0 Å². The summed E-state index contributed by atoms with van der Waals surface area (Å²) in [5.41, 5.74) is 2.81. The van der Waals surface area contributed by atoms with Crippen LogP contribution in [0.15, 0.2) is 35.8 Å². The molecule has 0 saturated heterocycles. The zero-order chi connectivity index (χ0) is 15.1. The van der Waals surface area contributed by atoms with Gasteiger partial charge in [-0.1, -0.05) is 44.5 Å². The van der Waals surface area contributed by atoms with E-state index in [9.17, 15) is 0 Å². The lowest BCUT2D eigenvalue weighted by molar-refractivity contribution is 0.536. The Bertz CT molecular complexity index is 505. The molecule has 2 atom stereocenters. The molecule has 114 valence electrons. The number of aryl methyl sites for hydroxylation is 1. The van der Waals surface area contributed by atoms with Gasteiger partial charge in [0.15, 0.2) is 0 Å². The number of rotatable bonds is 8. The van der Waals surface area contributed by atoms with E-state index in [1.807, 2.05) is 11.6 Å². The zero-order valence-electron chi connectivity index (χ0n) is 13.3. The topological polar surface area (TPSA) is 24.9 Å². The molecule has 0 fully saturated rings. The third-order valence-corrected chi connectivity index (χ3v) is 4.91. The molecule has 1 heterocycles. The highest BCUT2D eigenvalue weighted by atomic mass is 32.1. The van der Waals surface area contributed by atoms with Crippen molar-refractivity contribution < 1.29 is 0 Å². The van der Waals surface area contributed by atoms with Gasteiger partial charge in [-0.2, -0.15) is 0 Å². The SMILES string of the molecule is CCCCc1ccc(C(C)NCC(C)c2nccs2)cc1. The number of thiazole rings is 1. The van der Waals surface area contributed by atoms with Crippen molar-refractivity contribution in [1.82, 2.24) is 10.3 Å².